The van der Waals surface area contributed by atoms with Crippen LogP contribution in [-0.2, 0) is 10.0 Å². The van der Waals surface area contributed by atoms with Crippen molar-refractivity contribution in [2.75, 3.05) is 17.1 Å². The SMILES string of the molecule is CNc1ncc(S(=O)(=O)Nc2c(F)cccc2F)cc1Cl. The number of anilines is 2. The van der Waals surface area contributed by atoms with Crippen molar-refractivity contribution in [2.45, 2.75) is 4.90 Å². The fourth-order valence-corrected chi connectivity index (χ4v) is 2.91. The number of rotatable bonds is 4. The van der Waals surface area contributed by atoms with Gasteiger partial charge in [0.1, 0.15) is 28.0 Å². The number of para-hydroxylation sites is 1. The Morgan fingerprint density at radius 1 is 1.24 bits per heavy atom. The molecule has 5 nitrogen and oxygen atoms in total. The Hall–Kier alpha value is -1.93. The second-order valence-electron chi connectivity index (χ2n) is 3.95. The second-order valence-corrected chi connectivity index (χ2v) is 6.04. The number of hydrogen-bond donors (Lipinski definition) is 2. The molecule has 9 heteroatoms. The molecule has 0 fully saturated rings. The molecule has 0 aliphatic rings. The Labute approximate surface area is 125 Å². The van der Waals surface area contributed by atoms with Crippen LogP contribution in [0, 0.1) is 11.6 Å². The summed E-state index contributed by atoms with van der Waals surface area (Å²) in [5, 5.41) is 2.73. The molecule has 1 aromatic heterocycles. The quantitative estimate of drug-likeness (QED) is 0.902. The Morgan fingerprint density at radius 3 is 2.38 bits per heavy atom. The van der Waals surface area contributed by atoms with Gasteiger partial charge in [-0.15, -0.1) is 0 Å². The molecular formula is C12H10ClF2N3O2S. The summed E-state index contributed by atoms with van der Waals surface area (Å²) in [5.41, 5.74) is -0.758. The minimum atomic E-state index is -4.21. The lowest BCUT2D eigenvalue weighted by molar-refractivity contribution is 0.582. The van der Waals surface area contributed by atoms with E-state index in [0.29, 0.717) is 0 Å². The lowest BCUT2D eigenvalue weighted by Gasteiger charge is -2.10. The highest BCUT2D eigenvalue weighted by Crippen LogP contribution is 2.25. The second kappa shape index (κ2) is 5.82. The van der Waals surface area contributed by atoms with Crippen LogP contribution in [0.5, 0.6) is 0 Å². The van der Waals surface area contributed by atoms with Gasteiger partial charge in [0.15, 0.2) is 0 Å². The van der Waals surface area contributed by atoms with Crippen LogP contribution in [0.3, 0.4) is 0 Å². The predicted molar refractivity (Wildman–Crippen MR) is 76.0 cm³/mol. The summed E-state index contributed by atoms with van der Waals surface area (Å²) in [6.07, 6.45) is 1.03. The van der Waals surface area contributed by atoms with Crippen molar-refractivity contribution >= 4 is 33.1 Å². The third kappa shape index (κ3) is 3.22. The Balaban J connectivity index is 2.41. The molecule has 0 amide bonds. The van der Waals surface area contributed by atoms with E-state index < -0.39 is 27.3 Å². The largest absolute Gasteiger partial charge is 0.372 e. The van der Waals surface area contributed by atoms with Gasteiger partial charge in [0.25, 0.3) is 10.0 Å². The van der Waals surface area contributed by atoms with Gasteiger partial charge in [0, 0.05) is 13.2 Å². The van der Waals surface area contributed by atoms with Gasteiger partial charge in [-0.1, -0.05) is 17.7 Å². The summed E-state index contributed by atoms with van der Waals surface area (Å²) in [6.45, 7) is 0. The van der Waals surface area contributed by atoms with E-state index in [2.05, 4.69) is 10.3 Å². The molecule has 0 saturated heterocycles. The fraction of sp³-hybridized carbons (Fsp3) is 0.0833. The van der Waals surface area contributed by atoms with E-state index >= 15 is 0 Å². The first-order valence-electron chi connectivity index (χ1n) is 5.65. The molecule has 112 valence electrons. The highest BCUT2D eigenvalue weighted by Gasteiger charge is 2.20. The molecule has 1 heterocycles. The lowest BCUT2D eigenvalue weighted by atomic mass is 10.3. The van der Waals surface area contributed by atoms with Crippen molar-refractivity contribution in [3.05, 3.63) is 47.1 Å². The van der Waals surface area contributed by atoms with Crippen LogP contribution >= 0.6 is 11.6 Å². The molecule has 0 aliphatic carbocycles. The third-order valence-electron chi connectivity index (χ3n) is 2.56. The molecule has 0 radical (unpaired) electrons. The molecule has 0 aliphatic heterocycles. The minimum absolute atomic E-state index is 0.0642. The van der Waals surface area contributed by atoms with Crippen LogP contribution in [0.4, 0.5) is 20.3 Å². The van der Waals surface area contributed by atoms with Gasteiger partial charge in [0.05, 0.1) is 5.02 Å². The number of aromatic nitrogens is 1. The average molecular weight is 334 g/mol. The molecule has 2 N–H and O–H groups in total. The first kappa shape index (κ1) is 15.5. The van der Waals surface area contributed by atoms with Crippen LogP contribution in [0.15, 0.2) is 35.4 Å². The van der Waals surface area contributed by atoms with E-state index in [4.69, 9.17) is 11.6 Å². The van der Waals surface area contributed by atoms with Gasteiger partial charge in [-0.25, -0.2) is 22.2 Å². The molecule has 1 aromatic carbocycles. The van der Waals surface area contributed by atoms with Gasteiger partial charge in [-0.05, 0) is 18.2 Å². The van der Waals surface area contributed by atoms with Crippen LogP contribution < -0.4 is 10.0 Å². The molecule has 0 unspecified atom stereocenters. The molecule has 2 aromatic rings. The monoisotopic (exact) mass is 333 g/mol. The number of nitrogens with one attached hydrogen (secondary N) is 2. The van der Waals surface area contributed by atoms with E-state index in [1.165, 1.54) is 0 Å². The molecule has 21 heavy (non-hydrogen) atoms. The standard InChI is InChI=1S/C12H10ClF2N3O2S/c1-16-12-8(13)5-7(6-17-12)21(19,20)18-11-9(14)3-2-4-10(11)15/h2-6,18H,1H3,(H,16,17). The van der Waals surface area contributed by atoms with Gasteiger partial charge in [0.2, 0.25) is 0 Å². The number of halogens is 3. The van der Waals surface area contributed by atoms with Crippen LogP contribution in [-0.4, -0.2) is 20.4 Å². The van der Waals surface area contributed by atoms with Gasteiger partial charge >= 0.3 is 0 Å². The van der Waals surface area contributed by atoms with E-state index in [1.54, 1.807) is 7.05 Å². The predicted octanol–water partition coefficient (Wildman–Crippen LogP) is 2.86. The number of benzene rings is 1. The van der Waals surface area contributed by atoms with Crippen molar-refractivity contribution in [1.29, 1.82) is 0 Å². The summed E-state index contributed by atoms with van der Waals surface area (Å²) in [7, 11) is -2.65. The van der Waals surface area contributed by atoms with Crippen molar-refractivity contribution in [3.63, 3.8) is 0 Å². The average Bonchev–Trinajstić information content (AvgIpc) is 2.43. The summed E-state index contributed by atoms with van der Waals surface area (Å²) in [5.74, 6) is -1.76. The summed E-state index contributed by atoms with van der Waals surface area (Å²) in [4.78, 5) is 3.49. The Kier molecular flexibility index (Phi) is 4.29. The van der Waals surface area contributed by atoms with E-state index in [1.807, 2.05) is 4.72 Å². The van der Waals surface area contributed by atoms with Crippen LogP contribution in [0.2, 0.25) is 5.02 Å². The lowest BCUT2D eigenvalue weighted by Crippen LogP contribution is -2.15. The fourth-order valence-electron chi connectivity index (χ4n) is 1.54. The zero-order chi connectivity index (χ0) is 15.6. The highest BCUT2D eigenvalue weighted by atomic mass is 35.5. The first-order valence-corrected chi connectivity index (χ1v) is 7.51. The van der Waals surface area contributed by atoms with Crippen LogP contribution in [0.25, 0.3) is 0 Å². The third-order valence-corrected chi connectivity index (χ3v) is 4.17. The number of nitrogens with zero attached hydrogens (tertiary/aromatic N) is 1. The summed E-state index contributed by atoms with van der Waals surface area (Å²) >= 11 is 5.84. The zero-order valence-corrected chi connectivity index (χ0v) is 12.3. The van der Waals surface area contributed by atoms with E-state index in [0.717, 1.165) is 30.5 Å². The minimum Gasteiger partial charge on any atom is -0.372 e. The van der Waals surface area contributed by atoms with Crippen molar-refractivity contribution in [2.24, 2.45) is 0 Å². The maximum atomic E-state index is 13.5. The number of hydrogen-bond acceptors (Lipinski definition) is 4. The van der Waals surface area contributed by atoms with Gasteiger partial charge < -0.3 is 5.32 Å². The summed E-state index contributed by atoms with van der Waals surface area (Å²) in [6, 6.07) is 4.14. The highest BCUT2D eigenvalue weighted by molar-refractivity contribution is 7.92. The maximum absolute atomic E-state index is 13.5. The first-order chi connectivity index (χ1) is 9.85. The Morgan fingerprint density at radius 2 is 1.86 bits per heavy atom. The topological polar surface area (TPSA) is 71.1 Å². The number of sulfonamides is 1. The van der Waals surface area contributed by atoms with Crippen molar-refractivity contribution in [1.82, 2.24) is 4.98 Å². The van der Waals surface area contributed by atoms with Crippen molar-refractivity contribution in [3.8, 4) is 0 Å². The van der Waals surface area contributed by atoms with Crippen molar-refractivity contribution < 1.29 is 17.2 Å². The molecule has 0 saturated carbocycles. The maximum Gasteiger partial charge on any atom is 0.263 e. The van der Waals surface area contributed by atoms with Gasteiger partial charge in [-0.3, -0.25) is 4.72 Å². The molecule has 0 bridgehead atoms. The van der Waals surface area contributed by atoms with Crippen LogP contribution in [0.1, 0.15) is 0 Å². The van der Waals surface area contributed by atoms with E-state index in [9.17, 15) is 17.2 Å². The van der Waals surface area contributed by atoms with Gasteiger partial charge in [-0.2, -0.15) is 0 Å². The summed E-state index contributed by atoms with van der Waals surface area (Å²) < 4.78 is 53.0. The molecule has 0 atom stereocenters. The zero-order valence-electron chi connectivity index (χ0n) is 10.7. The normalized spacial score (nSPS) is 11.2. The van der Waals surface area contributed by atoms with E-state index in [-0.39, 0.29) is 15.7 Å². The molecule has 2 rings (SSSR count). The molecular weight excluding hydrogens is 324 g/mol. The number of pyridine rings is 1. The Bertz CT molecular complexity index is 764. The molecule has 0 spiro atoms. The smallest absolute Gasteiger partial charge is 0.263 e.